The molecule has 0 fully saturated rings. The topological polar surface area (TPSA) is 106 Å². The summed E-state index contributed by atoms with van der Waals surface area (Å²) in [5.41, 5.74) is 2.14. The minimum atomic E-state index is -0.223. The quantitative estimate of drug-likeness (QED) is 0.426. The van der Waals surface area contributed by atoms with Crippen molar-refractivity contribution in [3.05, 3.63) is 65.8 Å². The third kappa shape index (κ3) is 4.58. The van der Waals surface area contributed by atoms with E-state index >= 15 is 0 Å². The number of carbonyl (C=O) groups excluding carboxylic acids is 1. The lowest BCUT2D eigenvalue weighted by Crippen LogP contribution is -2.14. The second kappa shape index (κ2) is 9.42. The van der Waals surface area contributed by atoms with Crippen molar-refractivity contribution in [2.45, 2.75) is 5.16 Å². The molecule has 31 heavy (non-hydrogen) atoms. The van der Waals surface area contributed by atoms with Crippen molar-refractivity contribution in [3.63, 3.8) is 0 Å². The number of amides is 1. The summed E-state index contributed by atoms with van der Waals surface area (Å²) in [7, 11) is 1.61. The maximum Gasteiger partial charge on any atom is 0.235 e. The lowest BCUT2D eigenvalue weighted by atomic mass is 10.2. The number of pyridine rings is 1. The van der Waals surface area contributed by atoms with Gasteiger partial charge in [-0.05, 0) is 47.8 Å². The number of nitrogens with zero attached hydrogens (tertiary/aromatic N) is 5. The maximum absolute atomic E-state index is 12.4. The van der Waals surface area contributed by atoms with E-state index in [4.69, 9.17) is 10.00 Å². The Morgan fingerprint density at radius 3 is 2.68 bits per heavy atom. The first kappa shape index (κ1) is 20.6. The van der Waals surface area contributed by atoms with Gasteiger partial charge in [-0.3, -0.25) is 14.3 Å². The van der Waals surface area contributed by atoms with Crippen LogP contribution in [-0.4, -0.2) is 38.5 Å². The summed E-state index contributed by atoms with van der Waals surface area (Å²) in [5.74, 6) is 1.27. The highest BCUT2D eigenvalue weighted by Gasteiger charge is 2.18. The van der Waals surface area contributed by atoms with Crippen LogP contribution in [0.5, 0.6) is 5.75 Å². The van der Waals surface area contributed by atoms with Gasteiger partial charge in [-0.2, -0.15) is 5.26 Å². The molecule has 1 N–H and O–H groups in total. The molecule has 3 aromatic heterocycles. The van der Waals surface area contributed by atoms with E-state index in [0.717, 1.165) is 17.0 Å². The van der Waals surface area contributed by atoms with E-state index in [2.05, 4.69) is 26.6 Å². The maximum atomic E-state index is 12.4. The summed E-state index contributed by atoms with van der Waals surface area (Å²) in [6.45, 7) is 0. The molecule has 10 heteroatoms. The predicted octanol–water partition coefficient (Wildman–Crippen LogP) is 4.00. The van der Waals surface area contributed by atoms with Crippen LogP contribution in [0.15, 0.2) is 65.4 Å². The molecule has 0 aliphatic rings. The van der Waals surface area contributed by atoms with Gasteiger partial charge in [-0.1, -0.05) is 11.8 Å². The highest BCUT2D eigenvalue weighted by Crippen LogP contribution is 2.29. The second-order valence-electron chi connectivity index (χ2n) is 6.19. The average molecular weight is 449 g/mol. The second-order valence-corrected chi connectivity index (χ2v) is 8.05. The van der Waals surface area contributed by atoms with E-state index < -0.39 is 0 Å². The van der Waals surface area contributed by atoms with E-state index in [1.807, 2.05) is 41.0 Å². The first-order valence-corrected chi connectivity index (χ1v) is 11.0. The minimum absolute atomic E-state index is 0.118. The summed E-state index contributed by atoms with van der Waals surface area (Å²) >= 11 is 2.58. The molecule has 1 amide bonds. The molecular formula is C21H16N6O2S2. The average Bonchev–Trinajstić information content (AvgIpc) is 3.45. The number of anilines is 1. The van der Waals surface area contributed by atoms with Crippen LogP contribution in [0.25, 0.3) is 17.1 Å². The van der Waals surface area contributed by atoms with Gasteiger partial charge in [0, 0.05) is 23.6 Å². The lowest BCUT2D eigenvalue weighted by molar-refractivity contribution is -0.113. The summed E-state index contributed by atoms with van der Waals surface area (Å²) < 4.78 is 7.14. The molecule has 3 heterocycles. The Balaban J connectivity index is 1.60. The Bertz CT molecular complexity index is 1230. The number of thiophene rings is 1. The van der Waals surface area contributed by atoms with Gasteiger partial charge in [-0.15, -0.1) is 21.5 Å². The molecule has 4 rings (SSSR count). The van der Waals surface area contributed by atoms with Crippen molar-refractivity contribution >= 4 is 34.0 Å². The van der Waals surface area contributed by atoms with Crippen molar-refractivity contribution in [1.29, 1.82) is 5.26 Å². The van der Waals surface area contributed by atoms with Gasteiger partial charge >= 0.3 is 0 Å². The number of aromatic nitrogens is 4. The van der Waals surface area contributed by atoms with Crippen LogP contribution in [0.4, 0.5) is 5.00 Å². The fraction of sp³-hybridized carbons (Fsp3) is 0.0952. The third-order valence-corrected chi connectivity index (χ3v) is 6.03. The van der Waals surface area contributed by atoms with Gasteiger partial charge in [0.05, 0.1) is 18.4 Å². The van der Waals surface area contributed by atoms with Crippen molar-refractivity contribution in [2.75, 3.05) is 18.2 Å². The zero-order valence-electron chi connectivity index (χ0n) is 16.3. The van der Waals surface area contributed by atoms with Crippen LogP contribution in [0.2, 0.25) is 0 Å². The van der Waals surface area contributed by atoms with E-state index in [0.29, 0.717) is 21.5 Å². The Morgan fingerprint density at radius 1 is 1.19 bits per heavy atom. The molecule has 4 aromatic rings. The van der Waals surface area contributed by atoms with Crippen LogP contribution in [0.1, 0.15) is 5.56 Å². The Morgan fingerprint density at radius 2 is 1.97 bits per heavy atom. The number of hydrogen-bond acceptors (Lipinski definition) is 8. The number of benzene rings is 1. The Kier molecular flexibility index (Phi) is 6.26. The molecule has 0 spiro atoms. The molecule has 0 atom stereocenters. The van der Waals surface area contributed by atoms with E-state index in [-0.39, 0.29) is 11.7 Å². The van der Waals surface area contributed by atoms with E-state index in [9.17, 15) is 4.79 Å². The number of nitrogens with one attached hydrogen (secondary N) is 1. The lowest BCUT2D eigenvalue weighted by Gasteiger charge is -2.11. The highest BCUT2D eigenvalue weighted by molar-refractivity contribution is 7.99. The molecule has 0 aliphatic carbocycles. The van der Waals surface area contributed by atoms with Crippen LogP contribution < -0.4 is 10.1 Å². The SMILES string of the molecule is COc1ccc(-n2c(SCC(=O)Nc3sccc3C#N)nnc2-c2ccncc2)cc1. The van der Waals surface area contributed by atoms with E-state index in [1.165, 1.54) is 23.1 Å². The fourth-order valence-electron chi connectivity index (χ4n) is 2.80. The monoisotopic (exact) mass is 448 g/mol. The Labute approximate surface area is 186 Å². The van der Waals surface area contributed by atoms with Crippen LogP contribution in [0.3, 0.4) is 0 Å². The largest absolute Gasteiger partial charge is 0.497 e. The third-order valence-electron chi connectivity index (χ3n) is 4.27. The zero-order chi connectivity index (χ0) is 21.6. The number of methoxy groups -OCH3 is 1. The fourth-order valence-corrected chi connectivity index (χ4v) is 4.31. The standard InChI is InChI=1S/C21H16N6O2S2/c1-29-17-4-2-16(3-5-17)27-19(14-6-9-23-10-7-14)25-26-21(27)31-13-18(28)24-20-15(12-22)8-11-30-20/h2-11H,13H2,1H3,(H,24,28). The smallest absolute Gasteiger partial charge is 0.235 e. The number of carbonyl (C=O) groups is 1. The van der Waals surface area contributed by atoms with Crippen molar-refractivity contribution in [1.82, 2.24) is 19.7 Å². The van der Waals surface area contributed by atoms with Gasteiger partial charge in [-0.25, -0.2) is 0 Å². The molecule has 0 aliphatic heterocycles. The zero-order valence-corrected chi connectivity index (χ0v) is 18.0. The number of thioether (sulfide) groups is 1. The molecule has 1 aromatic carbocycles. The minimum Gasteiger partial charge on any atom is -0.497 e. The Hall–Kier alpha value is -3.68. The van der Waals surface area contributed by atoms with Gasteiger partial charge in [0.1, 0.15) is 16.8 Å². The number of hydrogen-bond donors (Lipinski definition) is 1. The molecule has 0 saturated heterocycles. The van der Waals surface area contributed by atoms with Crippen molar-refractivity contribution < 1.29 is 9.53 Å². The molecule has 0 bridgehead atoms. The van der Waals surface area contributed by atoms with Crippen molar-refractivity contribution in [3.8, 4) is 28.9 Å². The summed E-state index contributed by atoms with van der Waals surface area (Å²) in [6.07, 6.45) is 3.38. The molecule has 0 unspecified atom stereocenters. The molecular weight excluding hydrogens is 432 g/mol. The number of nitriles is 1. The number of rotatable bonds is 7. The van der Waals surface area contributed by atoms with Gasteiger partial charge in [0.25, 0.3) is 0 Å². The van der Waals surface area contributed by atoms with Gasteiger partial charge in [0.2, 0.25) is 5.91 Å². The summed E-state index contributed by atoms with van der Waals surface area (Å²) in [5, 5.41) is 23.4. The molecule has 8 nitrogen and oxygen atoms in total. The van der Waals surface area contributed by atoms with Crippen molar-refractivity contribution in [2.24, 2.45) is 0 Å². The number of ether oxygens (including phenoxy) is 1. The van der Waals surface area contributed by atoms with Crippen LogP contribution >= 0.6 is 23.1 Å². The van der Waals surface area contributed by atoms with Gasteiger partial charge < -0.3 is 10.1 Å². The van der Waals surface area contributed by atoms with Crippen LogP contribution in [0, 0.1) is 11.3 Å². The van der Waals surface area contributed by atoms with Crippen LogP contribution in [-0.2, 0) is 4.79 Å². The molecule has 154 valence electrons. The highest BCUT2D eigenvalue weighted by atomic mass is 32.2. The summed E-state index contributed by atoms with van der Waals surface area (Å²) in [4.78, 5) is 16.5. The predicted molar refractivity (Wildman–Crippen MR) is 120 cm³/mol. The summed E-state index contributed by atoms with van der Waals surface area (Å²) in [6, 6.07) is 15.0. The molecule has 0 radical (unpaired) electrons. The van der Waals surface area contributed by atoms with Gasteiger partial charge in [0.15, 0.2) is 11.0 Å². The van der Waals surface area contributed by atoms with E-state index in [1.54, 1.807) is 30.9 Å². The first-order valence-electron chi connectivity index (χ1n) is 9.10. The normalized spacial score (nSPS) is 10.5. The molecule has 0 saturated carbocycles. The first-order chi connectivity index (χ1) is 15.2.